The lowest BCUT2D eigenvalue weighted by molar-refractivity contribution is -0.116. The molecule has 0 bridgehead atoms. The summed E-state index contributed by atoms with van der Waals surface area (Å²) >= 11 is 15.4. The fraction of sp³-hybridized carbons (Fsp3) is 0.160. The Hall–Kier alpha value is -2.96. The lowest BCUT2D eigenvalue weighted by atomic mass is 10.1. The highest BCUT2D eigenvalue weighted by atomic mass is 79.9. The second kappa shape index (κ2) is 12.7. The molecule has 0 radical (unpaired) electrons. The number of benzene rings is 3. The number of halogens is 3. The Morgan fingerprint density at radius 2 is 1.45 bits per heavy atom. The van der Waals surface area contributed by atoms with E-state index in [1.165, 1.54) is 56.7 Å². The van der Waals surface area contributed by atoms with E-state index in [-0.39, 0.29) is 33.3 Å². The number of anilines is 1. The lowest BCUT2D eigenvalue weighted by Crippen LogP contribution is -2.37. The fourth-order valence-corrected chi connectivity index (χ4v) is 5.32. The third-order valence-electron chi connectivity index (χ3n) is 5.17. The van der Waals surface area contributed by atoms with E-state index in [9.17, 15) is 22.8 Å². The van der Waals surface area contributed by atoms with Crippen molar-refractivity contribution in [2.45, 2.75) is 11.4 Å². The van der Waals surface area contributed by atoms with Gasteiger partial charge < -0.3 is 14.8 Å². The average molecular weight is 644 g/mol. The molecule has 13 heteroatoms. The Balaban J connectivity index is 1.95. The highest BCUT2D eigenvalue weighted by Gasteiger charge is 2.27. The van der Waals surface area contributed by atoms with Gasteiger partial charge in [0.25, 0.3) is 0 Å². The predicted octanol–water partition coefficient (Wildman–Crippen LogP) is 5.16. The van der Waals surface area contributed by atoms with Crippen molar-refractivity contribution in [3.8, 4) is 0 Å². The second-order valence-corrected chi connectivity index (χ2v) is 11.5. The van der Waals surface area contributed by atoms with Crippen molar-refractivity contribution in [1.82, 2.24) is 4.31 Å². The molecule has 0 fully saturated rings. The van der Waals surface area contributed by atoms with E-state index < -0.39 is 34.4 Å². The summed E-state index contributed by atoms with van der Waals surface area (Å²) in [5.74, 6) is -2.22. The standard InChI is InChI=1S/C25H21BrCl2N2O7S/c1-36-24(32)16-10-17(25(33)37-2)12-19(11-16)29-23(31)14-30(13-15-3-8-21(27)22(28)9-15)38(34,35)20-6-4-18(26)5-7-20/h3-12H,13-14H2,1-2H3,(H,29,31). The van der Waals surface area contributed by atoms with E-state index in [4.69, 9.17) is 32.7 Å². The molecule has 0 aromatic heterocycles. The van der Waals surface area contributed by atoms with E-state index in [0.29, 0.717) is 15.1 Å². The van der Waals surface area contributed by atoms with Crippen molar-refractivity contribution in [2.24, 2.45) is 0 Å². The Kier molecular flexibility index (Phi) is 9.91. The Morgan fingerprint density at radius 1 is 0.868 bits per heavy atom. The van der Waals surface area contributed by atoms with E-state index in [1.54, 1.807) is 18.2 Å². The van der Waals surface area contributed by atoms with Crippen molar-refractivity contribution < 1.29 is 32.3 Å². The van der Waals surface area contributed by atoms with Crippen LogP contribution in [0, 0.1) is 0 Å². The molecule has 0 spiro atoms. The molecule has 38 heavy (non-hydrogen) atoms. The van der Waals surface area contributed by atoms with Gasteiger partial charge in [0, 0.05) is 16.7 Å². The van der Waals surface area contributed by atoms with Gasteiger partial charge in [-0.15, -0.1) is 0 Å². The van der Waals surface area contributed by atoms with Crippen LogP contribution in [0.3, 0.4) is 0 Å². The Morgan fingerprint density at radius 3 is 1.97 bits per heavy atom. The molecule has 3 rings (SSSR count). The molecule has 9 nitrogen and oxygen atoms in total. The van der Waals surface area contributed by atoms with Crippen molar-refractivity contribution in [2.75, 3.05) is 26.1 Å². The summed E-state index contributed by atoms with van der Waals surface area (Å²) in [5, 5.41) is 3.06. The van der Waals surface area contributed by atoms with Gasteiger partial charge in [0.15, 0.2) is 0 Å². The third-order valence-corrected chi connectivity index (χ3v) is 8.25. The summed E-state index contributed by atoms with van der Waals surface area (Å²) in [6.07, 6.45) is 0. The summed E-state index contributed by atoms with van der Waals surface area (Å²) < 4.78 is 38.1. The number of carbonyl (C=O) groups is 3. The summed E-state index contributed by atoms with van der Waals surface area (Å²) in [7, 11) is -1.82. The summed E-state index contributed by atoms with van der Waals surface area (Å²) in [6, 6.07) is 14.4. The van der Waals surface area contributed by atoms with Gasteiger partial charge in [-0.25, -0.2) is 18.0 Å². The molecule has 0 saturated carbocycles. The van der Waals surface area contributed by atoms with Crippen LogP contribution >= 0.6 is 39.1 Å². The zero-order valence-electron chi connectivity index (χ0n) is 20.0. The maximum absolute atomic E-state index is 13.5. The maximum atomic E-state index is 13.5. The van der Waals surface area contributed by atoms with Crippen LogP contribution in [0.4, 0.5) is 5.69 Å². The number of sulfonamides is 1. The molecule has 0 aliphatic rings. The molecule has 1 amide bonds. The predicted molar refractivity (Wildman–Crippen MR) is 146 cm³/mol. The van der Waals surface area contributed by atoms with Crippen molar-refractivity contribution in [1.29, 1.82) is 0 Å². The van der Waals surface area contributed by atoms with Crippen LogP contribution in [0.2, 0.25) is 10.0 Å². The van der Waals surface area contributed by atoms with Gasteiger partial charge in [-0.2, -0.15) is 4.31 Å². The van der Waals surface area contributed by atoms with Gasteiger partial charge >= 0.3 is 11.9 Å². The number of rotatable bonds is 9. The number of carbonyl (C=O) groups excluding carboxylic acids is 3. The van der Waals surface area contributed by atoms with E-state index in [0.717, 1.165) is 4.31 Å². The van der Waals surface area contributed by atoms with E-state index in [2.05, 4.69) is 21.2 Å². The summed E-state index contributed by atoms with van der Waals surface area (Å²) in [4.78, 5) is 37.2. The van der Waals surface area contributed by atoms with E-state index >= 15 is 0 Å². The first-order chi connectivity index (χ1) is 17.9. The number of hydrogen-bond donors (Lipinski definition) is 1. The molecule has 200 valence electrons. The number of ether oxygens (including phenoxy) is 2. The van der Waals surface area contributed by atoms with Gasteiger partial charge in [-0.3, -0.25) is 4.79 Å². The normalized spacial score (nSPS) is 11.2. The largest absolute Gasteiger partial charge is 0.465 e. The number of amides is 1. The molecular formula is C25H21BrCl2N2O7S. The number of nitrogens with zero attached hydrogens (tertiary/aromatic N) is 1. The smallest absolute Gasteiger partial charge is 0.337 e. The minimum Gasteiger partial charge on any atom is -0.465 e. The van der Waals surface area contributed by atoms with Gasteiger partial charge in [0.1, 0.15) is 0 Å². The fourth-order valence-electron chi connectivity index (χ4n) is 3.35. The molecule has 0 saturated heterocycles. The first-order valence-corrected chi connectivity index (χ1v) is 13.7. The maximum Gasteiger partial charge on any atom is 0.337 e. The minimum absolute atomic E-state index is 0.0131. The monoisotopic (exact) mass is 642 g/mol. The number of esters is 2. The molecule has 3 aromatic rings. The summed E-state index contributed by atoms with van der Waals surface area (Å²) in [6.45, 7) is -0.799. The number of nitrogens with one attached hydrogen (secondary N) is 1. The highest BCUT2D eigenvalue weighted by Crippen LogP contribution is 2.26. The average Bonchev–Trinajstić information content (AvgIpc) is 2.89. The number of hydrogen-bond acceptors (Lipinski definition) is 7. The molecule has 3 aromatic carbocycles. The van der Waals surface area contributed by atoms with Crippen LogP contribution < -0.4 is 5.32 Å². The van der Waals surface area contributed by atoms with Crippen LogP contribution in [0.5, 0.6) is 0 Å². The van der Waals surface area contributed by atoms with Crippen LogP contribution in [-0.4, -0.2) is 51.3 Å². The molecule has 0 unspecified atom stereocenters. The van der Waals surface area contributed by atoms with Crippen LogP contribution in [0.1, 0.15) is 26.3 Å². The highest BCUT2D eigenvalue weighted by molar-refractivity contribution is 9.10. The lowest BCUT2D eigenvalue weighted by Gasteiger charge is -2.22. The third kappa shape index (κ3) is 7.33. The first kappa shape index (κ1) is 29.6. The van der Waals surface area contributed by atoms with Crippen molar-refractivity contribution >= 4 is 72.7 Å². The quantitative estimate of drug-likeness (QED) is 0.320. The van der Waals surface area contributed by atoms with Crippen molar-refractivity contribution in [3.63, 3.8) is 0 Å². The van der Waals surface area contributed by atoms with Crippen LogP contribution in [0.25, 0.3) is 0 Å². The second-order valence-electron chi connectivity index (χ2n) is 7.81. The molecule has 0 atom stereocenters. The summed E-state index contributed by atoms with van der Waals surface area (Å²) in [5.41, 5.74) is 0.532. The molecular weight excluding hydrogens is 623 g/mol. The van der Waals surface area contributed by atoms with Crippen LogP contribution in [-0.2, 0) is 30.8 Å². The Labute approximate surface area is 237 Å². The van der Waals surface area contributed by atoms with Gasteiger partial charge in [0.2, 0.25) is 15.9 Å². The Bertz CT molecular complexity index is 1450. The minimum atomic E-state index is -4.15. The molecule has 0 heterocycles. The SMILES string of the molecule is COC(=O)c1cc(NC(=O)CN(Cc2ccc(Cl)c(Cl)c2)S(=O)(=O)c2ccc(Br)cc2)cc(C(=O)OC)c1. The van der Waals surface area contributed by atoms with Crippen LogP contribution in [0.15, 0.2) is 70.0 Å². The van der Waals surface area contributed by atoms with Gasteiger partial charge in [-0.05, 0) is 60.2 Å². The van der Waals surface area contributed by atoms with E-state index in [1.807, 2.05) is 0 Å². The van der Waals surface area contributed by atoms with Gasteiger partial charge in [-0.1, -0.05) is 45.2 Å². The zero-order chi connectivity index (χ0) is 28.0. The zero-order valence-corrected chi connectivity index (χ0v) is 23.9. The molecule has 0 aliphatic heterocycles. The van der Waals surface area contributed by atoms with Crippen molar-refractivity contribution in [3.05, 3.63) is 91.9 Å². The number of methoxy groups -OCH3 is 2. The van der Waals surface area contributed by atoms with Gasteiger partial charge in [0.05, 0.1) is 46.8 Å². The molecule has 0 aliphatic carbocycles. The topological polar surface area (TPSA) is 119 Å². The molecule has 1 N–H and O–H groups in total. The first-order valence-electron chi connectivity index (χ1n) is 10.8.